The molecule has 0 aliphatic carbocycles. The molecule has 4 N–H and O–H groups in total. The summed E-state index contributed by atoms with van der Waals surface area (Å²) >= 11 is 11.9. The Morgan fingerprint density at radius 3 is 2.27 bits per heavy atom. The molecule has 0 aromatic carbocycles. The molecule has 0 saturated heterocycles. The third kappa shape index (κ3) is 4.13. The highest BCUT2D eigenvalue weighted by Crippen LogP contribution is 2.29. The Labute approximate surface area is 106 Å². The van der Waals surface area contributed by atoms with Crippen molar-refractivity contribution in [2.24, 2.45) is 11.5 Å². The SMILES string of the molecule is Cl.NCCC[C@@H](N)c1c(Cl)cncc1Cl. The van der Waals surface area contributed by atoms with E-state index in [4.69, 9.17) is 34.7 Å². The largest absolute Gasteiger partial charge is 0.330 e. The first kappa shape index (κ1) is 14.9. The van der Waals surface area contributed by atoms with Gasteiger partial charge in [-0.2, -0.15) is 0 Å². The lowest BCUT2D eigenvalue weighted by molar-refractivity contribution is 0.617. The first-order valence-electron chi connectivity index (χ1n) is 4.41. The summed E-state index contributed by atoms with van der Waals surface area (Å²) < 4.78 is 0. The lowest BCUT2D eigenvalue weighted by Gasteiger charge is -2.14. The predicted molar refractivity (Wildman–Crippen MR) is 66.7 cm³/mol. The molecule has 1 aromatic rings. The summed E-state index contributed by atoms with van der Waals surface area (Å²) in [4.78, 5) is 3.86. The van der Waals surface area contributed by atoms with Gasteiger partial charge in [0.25, 0.3) is 0 Å². The van der Waals surface area contributed by atoms with Gasteiger partial charge in [-0.05, 0) is 19.4 Å². The molecule has 0 saturated carbocycles. The fourth-order valence-electron chi connectivity index (χ4n) is 1.26. The number of halogens is 3. The summed E-state index contributed by atoms with van der Waals surface area (Å²) in [5.74, 6) is 0. The minimum absolute atomic E-state index is 0. The molecule has 0 unspecified atom stereocenters. The van der Waals surface area contributed by atoms with E-state index in [2.05, 4.69) is 4.98 Å². The van der Waals surface area contributed by atoms with E-state index in [1.807, 2.05) is 0 Å². The molecule has 1 aromatic heterocycles. The highest BCUT2D eigenvalue weighted by molar-refractivity contribution is 6.35. The Kier molecular flexibility index (Phi) is 7.22. The van der Waals surface area contributed by atoms with Gasteiger partial charge in [0.05, 0.1) is 10.0 Å². The smallest absolute Gasteiger partial charge is 0.0651 e. The fourth-order valence-corrected chi connectivity index (χ4v) is 1.90. The minimum Gasteiger partial charge on any atom is -0.330 e. The van der Waals surface area contributed by atoms with Crippen molar-refractivity contribution in [3.8, 4) is 0 Å². The van der Waals surface area contributed by atoms with Crippen LogP contribution in [0.15, 0.2) is 12.4 Å². The molecule has 0 radical (unpaired) electrons. The highest BCUT2D eigenvalue weighted by Gasteiger charge is 2.13. The van der Waals surface area contributed by atoms with Crippen molar-refractivity contribution in [1.29, 1.82) is 0 Å². The monoisotopic (exact) mass is 269 g/mol. The second-order valence-electron chi connectivity index (χ2n) is 3.05. The van der Waals surface area contributed by atoms with Crippen LogP contribution in [-0.4, -0.2) is 11.5 Å². The van der Waals surface area contributed by atoms with Crippen LogP contribution in [0.5, 0.6) is 0 Å². The maximum Gasteiger partial charge on any atom is 0.0651 e. The van der Waals surface area contributed by atoms with Gasteiger partial charge in [0.1, 0.15) is 0 Å². The molecule has 0 spiro atoms. The molecule has 0 fully saturated rings. The van der Waals surface area contributed by atoms with Gasteiger partial charge in [0, 0.05) is 24.0 Å². The van der Waals surface area contributed by atoms with E-state index in [9.17, 15) is 0 Å². The van der Waals surface area contributed by atoms with E-state index in [1.54, 1.807) is 12.4 Å². The number of rotatable bonds is 4. The number of aromatic nitrogens is 1. The van der Waals surface area contributed by atoms with Crippen LogP contribution in [0.1, 0.15) is 24.4 Å². The second kappa shape index (κ2) is 7.25. The summed E-state index contributed by atoms with van der Waals surface area (Å²) in [5.41, 5.74) is 12.1. The topological polar surface area (TPSA) is 64.9 Å². The Bertz CT molecular complexity index is 286. The van der Waals surface area contributed by atoms with E-state index >= 15 is 0 Å². The van der Waals surface area contributed by atoms with Crippen molar-refractivity contribution in [2.45, 2.75) is 18.9 Å². The van der Waals surface area contributed by atoms with Crippen LogP contribution in [0, 0.1) is 0 Å². The van der Waals surface area contributed by atoms with Crippen molar-refractivity contribution in [3.05, 3.63) is 28.0 Å². The van der Waals surface area contributed by atoms with Gasteiger partial charge in [-0.15, -0.1) is 12.4 Å². The molecule has 0 amide bonds. The molecule has 0 aliphatic rings. The Balaban J connectivity index is 0.00000196. The quantitative estimate of drug-likeness (QED) is 0.884. The molecule has 86 valence electrons. The molecule has 1 rings (SSSR count). The van der Waals surface area contributed by atoms with E-state index in [0.717, 1.165) is 18.4 Å². The van der Waals surface area contributed by atoms with Gasteiger partial charge >= 0.3 is 0 Å². The minimum atomic E-state index is -0.165. The zero-order valence-corrected chi connectivity index (χ0v) is 10.4. The number of hydrogen-bond acceptors (Lipinski definition) is 3. The summed E-state index contributed by atoms with van der Waals surface area (Å²) in [6.07, 6.45) is 4.73. The molecule has 0 bridgehead atoms. The van der Waals surface area contributed by atoms with Crippen molar-refractivity contribution >= 4 is 35.6 Å². The zero-order valence-electron chi connectivity index (χ0n) is 8.12. The van der Waals surface area contributed by atoms with Crippen LogP contribution in [-0.2, 0) is 0 Å². The van der Waals surface area contributed by atoms with Crippen molar-refractivity contribution < 1.29 is 0 Å². The van der Waals surface area contributed by atoms with Crippen LogP contribution in [0.3, 0.4) is 0 Å². The Morgan fingerprint density at radius 2 is 1.80 bits per heavy atom. The zero-order chi connectivity index (χ0) is 10.6. The molecule has 6 heteroatoms. The summed E-state index contributed by atoms with van der Waals surface area (Å²) in [6, 6.07) is -0.165. The van der Waals surface area contributed by atoms with Gasteiger partial charge < -0.3 is 11.5 Å². The highest BCUT2D eigenvalue weighted by atomic mass is 35.5. The Hall–Kier alpha value is -0.0600. The van der Waals surface area contributed by atoms with Crippen LogP contribution < -0.4 is 11.5 Å². The molecule has 1 heterocycles. The average Bonchev–Trinajstić information content (AvgIpc) is 2.14. The van der Waals surface area contributed by atoms with Crippen molar-refractivity contribution in [2.75, 3.05) is 6.54 Å². The summed E-state index contributed by atoms with van der Waals surface area (Å²) in [5, 5.41) is 1.03. The van der Waals surface area contributed by atoms with E-state index in [1.165, 1.54) is 0 Å². The normalized spacial score (nSPS) is 12.0. The maximum atomic E-state index is 5.95. The number of pyridine rings is 1. The molecule has 1 atom stereocenters. The van der Waals surface area contributed by atoms with Gasteiger partial charge in [-0.25, -0.2) is 0 Å². The summed E-state index contributed by atoms with van der Waals surface area (Å²) in [7, 11) is 0. The van der Waals surface area contributed by atoms with Crippen LogP contribution >= 0.6 is 35.6 Å². The fraction of sp³-hybridized carbons (Fsp3) is 0.444. The van der Waals surface area contributed by atoms with E-state index in [-0.39, 0.29) is 18.4 Å². The number of nitrogens with two attached hydrogens (primary N) is 2. The lowest BCUT2D eigenvalue weighted by Crippen LogP contribution is -2.13. The van der Waals surface area contributed by atoms with Gasteiger partial charge in [-0.3, -0.25) is 4.98 Å². The molecular weight excluding hydrogens is 256 g/mol. The van der Waals surface area contributed by atoms with Crippen LogP contribution in [0.2, 0.25) is 10.0 Å². The average molecular weight is 271 g/mol. The molecule has 0 aliphatic heterocycles. The van der Waals surface area contributed by atoms with Gasteiger partial charge in [-0.1, -0.05) is 23.2 Å². The molecule has 15 heavy (non-hydrogen) atoms. The van der Waals surface area contributed by atoms with Crippen LogP contribution in [0.25, 0.3) is 0 Å². The number of nitrogens with zero attached hydrogens (tertiary/aromatic N) is 1. The second-order valence-corrected chi connectivity index (χ2v) is 3.87. The molecule has 3 nitrogen and oxygen atoms in total. The van der Waals surface area contributed by atoms with E-state index in [0.29, 0.717) is 16.6 Å². The van der Waals surface area contributed by atoms with Gasteiger partial charge in [0.15, 0.2) is 0 Å². The Morgan fingerprint density at radius 1 is 1.27 bits per heavy atom. The van der Waals surface area contributed by atoms with Crippen LogP contribution in [0.4, 0.5) is 0 Å². The maximum absolute atomic E-state index is 5.95. The number of hydrogen-bond donors (Lipinski definition) is 2. The third-order valence-corrected chi connectivity index (χ3v) is 2.58. The first-order chi connectivity index (χ1) is 6.66. The summed E-state index contributed by atoms with van der Waals surface area (Å²) in [6.45, 7) is 0.619. The van der Waals surface area contributed by atoms with E-state index < -0.39 is 0 Å². The predicted octanol–water partition coefficient (Wildman–Crippen LogP) is 2.55. The third-order valence-electron chi connectivity index (χ3n) is 1.98. The van der Waals surface area contributed by atoms with Gasteiger partial charge in [0.2, 0.25) is 0 Å². The lowest BCUT2D eigenvalue weighted by atomic mass is 10.0. The standard InChI is InChI=1S/C9H13Cl2N3.ClH/c10-6-4-14-5-7(11)9(6)8(13)2-1-3-12;/h4-5,8H,1-3,12-13H2;1H/t8-;/m1./s1. The first-order valence-corrected chi connectivity index (χ1v) is 5.17. The van der Waals surface area contributed by atoms with Crippen molar-refractivity contribution in [3.63, 3.8) is 0 Å². The molecular formula is C9H14Cl3N3. The van der Waals surface area contributed by atoms with Crippen molar-refractivity contribution in [1.82, 2.24) is 4.98 Å².